The maximum atomic E-state index is 12.0. The van der Waals surface area contributed by atoms with Crippen molar-refractivity contribution in [2.45, 2.75) is 25.7 Å². The third-order valence-corrected chi connectivity index (χ3v) is 2.87. The minimum absolute atomic E-state index is 0.216. The Hall–Kier alpha value is -0.640. The molecule has 1 fully saturated rings. The number of carboxylic acids is 1. The lowest BCUT2D eigenvalue weighted by molar-refractivity contribution is -0.137. The minimum atomic E-state index is -0.740. The molecular formula is C10H18FNO2. The highest BCUT2D eigenvalue weighted by Gasteiger charge is 2.18. The number of likely N-dealkylation sites (tertiary alicyclic amines) is 1. The van der Waals surface area contributed by atoms with E-state index in [1.165, 1.54) is 0 Å². The van der Waals surface area contributed by atoms with Gasteiger partial charge in [0.05, 0.1) is 13.1 Å². The fraction of sp³-hybridized carbons (Fsp3) is 0.900. The Morgan fingerprint density at radius 1 is 1.43 bits per heavy atom. The second kappa shape index (κ2) is 5.96. The summed E-state index contributed by atoms with van der Waals surface area (Å²) >= 11 is 0. The number of carboxylic acid groups (broad SMARTS) is 1. The first-order chi connectivity index (χ1) is 6.72. The van der Waals surface area contributed by atoms with E-state index in [2.05, 4.69) is 4.90 Å². The van der Waals surface area contributed by atoms with E-state index in [-0.39, 0.29) is 13.1 Å². The molecule has 0 aliphatic carbocycles. The predicted molar refractivity (Wildman–Crippen MR) is 52.0 cm³/mol. The SMILES string of the molecule is O=C(O)CCN1CCC(CCF)CC1. The van der Waals surface area contributed by atoms with Crippen LogP contribution in [0.2, 0.25) is 0 Å². The van der Waals surface area contributed by atoms with E-state index < -0.39 is 5.97 Å². The van der Waals surface area contributed by atoms with Crippen molar-refractivity contribution < 1.29 is 14.3 Å². The Morgan fingerprint density at radius 2 is 2.07 bits per heavy atom. The first kappa shape index (κ1) is 11.4. The second-order valence-corrected chi connectivity index (χ2v) is 3.91. The monoisotopic (exact) mass is 203 g/mol. The number of piperidine rings is 1. The fourth-order valence-corrected chi connectivity index (χ4v) is 1.91. The van der Waals surface area contributed by atoms with Gasteiger partial charge in [0.25, 0.3) is 0 Å². The molecule has 3 nitrogen and oxygen atoms in total. The molecule has 0 atom stereocenters. The average Bonchev–Trinajstić information content (AvgIpc) is 2.17. The first-order valence-electron chi connectivity index (χ1n) is 5.22. The molecule has 0 amide bonds. The molecule has 82 valence electrons. The molecule has 0 aromatic heterocycles. The Bertz CT molecular complexity index is 179. The third kappa shape index (κ3) is 4.05. The zero-order valence-corrected chi connectivity index (χ0v) is 8.41. The lowest BCUT2D eigenvalue weighted by Gasteiger charge is -2.31. The minimum Gasteiger partial charge on any atom is -0.481 e. The van der Waals surface area contributed by atoms with Gasteiger partial charge in [-0.05, 0) is 38.3 Å². The Labute approximate surface area is 83.9 Å². The summed E-state index contributed by atoms with van der Waals surface area (Å²) in [5.74, 6) is -0.225. The summed E-state index contributed by atoms with van der Waals surface area (Å²) in [7, 11) is 0. The summed E-state index contributed by atoms with van der Waals surface area (Å²) in [6.45, 7) is 2.27. The van der Waals surface area contributed by atoms with E-state index >= 15 is 0 Å². The zero-order chi connectivity index (χ0) is 10.4. The van der Waals surface area contributed by atoms with Crippen LogP contribution < -0.4 is 0 Å². The second-order valence-electron chi connectivity index (χ2n) is 3.91. The molecule has 0 radical (unpaired) electrons. The van der Waals surface area contributed by atoms with Crippen LogP contribution in [0.1, 0.15) is 25.7 Å². The van der Waals surface area contributed by atoms with Crippen LogP contribution in [-0.4, -0.2) is 42.3 Å². The number of hydrogen-bond donors (Lipinski definition) is 1. The van der Waals surface area contributed by atoms with E-state index in [9.17, 15) is 9.18 Å². The molecular weight excluding hydrogens is 185 g/mol. The standard InChI is InChI=1S/C10H18FNO2/c11-5-1-9-2-6-12(7-3-9)8-4-10(13)14/h9H,1-8H2,(H,13,14). The lowest BCUT2D eigenvalue weighted by Crippen LogP contribution is -2.35. The quantitative estimate of drug-likeness (QED) is 0.736. The fourth-order valence-electron chi connectivity index (χ4n) is 1.91. The normalized spacial score (nSPS) is 19.8. The highest BCUT2D eigenvalue weighted by Crippen LogP contribution is 2.20. The molecule has 0 bridgehead atoms. The number of rotatable bonds is 5. The number of hydrogen-bond acceptors (Lipinski definition) is 2. The zero-order valence-electron chi connectivity index (χ0n) is 8.41. The van der Waals surface area contributed by atoms with Gasteiger partial charge < -0.3 is 10.0 Å². The van der Waals surface area contributed by atoms with Gasteiger partial charge in [-0.15, -0.1) is 0 Å². The largest absolute Gasteiger partial charge is 0.481 e. The summed E-state index contributed by atoms with van der Waals surface area (Å²) in [5.41, 5.74) is 0. The van der Waals surface area contributed by atoms with Crippen LogP contribution >= 0.6 is 0 Å². The van der Waals surface area contributed by atoms with Gasteiger partial charge in [0, 0.05) is 6.54 Å². The van der Waals surface area contributed by atoms with Gasteiger partial charge in [-0.25, -0.2) is 0 Å². The van der Waals surface area contributed by atoms with Gasteiger partial charge in [0.2, 0.25) is 0 Å². The molecule has 1 saturated heterocycles. The van der Waals surface area contributed by atoms with E-state index in [4.69, 9.17) is 5.11 Å². The van der Waals surface area contributed by atoms with Crippen LogP contribution in [0.4, 0.5) is 4.39 Å². The number of nitrogens with zero attached hydrogens (tertiary/aromatic N) is 1. The van der Waals surface area contributed by atoms with Gasteiger partial charge >= 0.3 is 5.97 Å². The predicted octanol–water partition coefficient (Wildman–Crippen LogP) is 1.53. The van der Waals surface area contributed by atoms with Crippen molar-refractivity contribution in [1.29, 1.82) is 0 Å². The number of carbonyl (C=O) groups is 1. The summed E-state index contributed by atoms with van der Waals surface area (Å²) in [4.78, 5) is 12.5. The number of alkyl halides is 1. The van der Waals surface area contributed by atoms with Crippen molar-refractivity contribution >= 4 is 5.97 Å². The van der Waals surface area contributed by atoms with Gasteiger partial charge in [0.15, 0.2) is 0 Å². The van der Waals surface area contributed by atoms with Crippen molar-refractivity contribution in [3.05, 3.63) is 0 Å². The van der Waals surface area contributed by atoms with Crippen molar-refractivity contribution in [3.63, 3.8) is 0 Å². The smallest absolute Gasteiger partial charge is 0.304 e. The van der Waals surface area contributed by atoms with Crippen LogP contribution in [0.15, 0.2) is 0 Å². The van der Waals surface area contributed by atoms with Crippen LogP contribution in [0, 0.1) is 5.92 Å². The molecule has 14 heavy (non-hydrogen) atoms. The maximum Gasteiger partial charge on any atom is 0.304 e. The van der Waals surface area contributed by atoms with Gasteiger partial charge in [-0.3, -0.25) is 9.18 Å². The highest BCUT2D eigenvalue weighted by atomic mass is 19.1. The molecule has 1 rings (SSSR count). The van der Waals surface area contributed by atoms with Gasteiger partial charge in [-0.2, -0.15) is 0 Å². The van der Waals surface area contributed by atoms with E-state index in [0.29, 0.717) is 18.9 Å². The summed E-state index contributed by atoms with van der Waals surface area (Å²) in [6, 6.07) is 0. The van der Waals surface area contributed by atoms with E-state index in [1.54, 1.807) is 0 Å². The molecule has 1 aliphatic rings. The summed E-state index contributed by atoms with van der Waals surface area (Å²) < 4.78 is 12.0. The van der Waals surface area contributed by atoms with Gasteiger partial charge in [-0.1, -0.05) is 0 Å². The van der Waals surface area contributed by atoms with Crippen LogP contribution in [0.5, 0.6) is 0 Å². The Balaban J connectivity index is 2.12. The molecule has 0 aromatic carbocycles. The molecule has 0 spiro atoms. The number of aliphatic carboxylic acids is 1. The van der Waals surface area contributed by atoms with Crippen LogP contribution in [-0.2, 0) is 4.79 Å². The topological polar surface area (TPSA) is 40.5 Å². The lowest BCUT2D eigenvalue weighted by atomic mass is 9.94. The van der Waals surface area contributed by atoms with Crippen LogP contribution in [0.3, 0.4) is 0 Å². The Morgan fingerprint density at radius 3 is 2.57 bits per heavy atom. The summed E-state index contributed by atoms with van der Waals surface area (Å²) in [5, 5.41) is 8.50. The van der Waals surface area contributed by atoms with Crippen molar-refractivity contribution in [2.24, 2.45) is 5.92 Å². The number of halogens is 1. The van der Waals surface area contributed by atoms with Crippen molar-refractivity contribution in [1.82, 2.24) is 4.90 Å². The molecule has 1 heterocycles. The molecule has 1 aliphatic heterocycles. The Kier molecular flexibility index (Phi) is 4.87. The molecule has 4 heteroatoms. The third-order valence-electron chi connectivity index (χ3n) is 2.87. The average molecular weight is 203 g/mol. The van der Waals surface area contributed by atoms with E-state index in [1.807, 2.05) is 0 Å². The first-order valence-corrected chi connectivity index (χ1v) is 5.22. The van der Waals surface area contributed by atoms with Crippen molar-refractivity contribution in [2.75, 3.05) is 26.3 Å². The summed E-state index contributed by atoms with van der Waals surface area (Å²) in [6.07, 6.45) is 2.92. The maximum absolute atomic E-state index is 12.0. The van der Waals surface area contributed by atoms with E-state index in [0.717, 1.165) is 25.9 Å². The molecule has 0 unspecified atom stereocenters. The highest BCUT2D eigenvalue weighted by molar-refractivity contribution is 5.66. The molecule has 1 N–H and O–H groups in total. The molecule has 0 saturated carbocycles. The van der Waals surface area contributed by atoms with Crippen molar-refractivity contribution in [3.8, 4) is 0 Å². The van der Waals surface area contributed by atoms with Crippen LogP contribution in [0.25, 0.3) is 0 Å². The van der Waals surface area contributed by atoms with Gasteiger partial charge in [0.1, 0.15) is 0 Å². The molecule has 0 aromatic rings.